The van der Waals surface area contributed by atoms with Crippen LogP contribution >= 0.6 is 0 Å². The molecule has 12 heteroatoms. The number of aliphatic hydroxyl groups excluding tert-OH is 1. The number of rotatable bonds is 14. The molecule has 194 valence electrons. The fourth-order valence-electron chi connectivity index (χ4n) is 3.19. The summed E-state index contributed by atoms with van der Waals surface area (Å²) >= 11 is 0. The maximum absolute atomic E-state index is 12.9. The lowest BCUT2D eigenvalue weighted by atomic mass is 10.0. The minimum absolute atomic E-state index is 0.0254. The summed E-state index contributed by atoms with van der Waals surface area (Å²) in [5, 5.41) is 26.2. The van der Waals surface area contributed by atoms with Crippen LogP contribution in [0, 0.1) is 5.92 Å². The summed E-state index contributed by atoms with van der Waals surface area (Å²) in [6.45, 7) is 4.93. The predicted molar refractivity (Wildman–Crippen MR) is 126 cm³/mol. The van der Waals surface area contributed by atoms with Gasteiger partial charge in [0.1, 0.15) is 24.2 Å². The topological polar surface area (TPSA) is 214 Å². The van der Waals surface area contributed by atoms with E-state index in [4.69, 9.17) is 11.5 Å². The van der Waals surface area contributed by atoms with Gasteiger partial charge in [-0.1, -0.05) is 44.2 Å². The third kappa shape index (κ3) is 10.5. The Bertz CT molecular complexity index is 892. The van der Waals surface area contributed by atoms with Crippen LogP contribution in [-0.2, 0) is 30.4 Å². The second-order valence-corrected chi connectivity index (χ2v) is 8.78. The van der Waals surface area contributed by atoms with Crippen molar-refractivity contribution in [2.45, 2.75) is 70.3 Å². The second-order valence-electron chi connectivity index (χ2n) is 8.78. The van der Waals surface area contributed by atoms with Gasteiger partial charge in [-0.05, 0) is 24.8 Å². The minimum Gasteiger partial charge on any atom is -0.480 e. The number of aliphatic hydroxyl groups is 1. The molecule has 0 saturated heterocycles. The van der Waals surface area contributed by atoms with Gasteiger partial charge in [0.15, 0.2) is 0 Å². The number of carbonyl (C=O) groups excluding carboxylic acids is 4. The number of hydrogen-bond acceptors (Lipinski definition) is 7. The zero-order valence-electron chi connectivity index (χ0n) is 20.1. The van der Waals surface area contributed by atoms with Crippen LogP contribution in [0.4, 0.5) is 0 Å². The van der Waals surface area contributed by atoms with E-state index < -0.39 is 66.3 Å². The molecule has 0 spiro atoms. The van der Waals surface area contributed by atoms with Crippen LogP contribution in [0.2, 0.25) is 0 Å². The number of aliphatic carboxylic acids is 1. The zero-order valence-corrected chi connectivity index (χ0v) is 20.1. The van der Waals surface area contributed by atoms with Crippen molar-refractivity contribution in [1.29, 1.82) is 0 Å². The quantitative estimate of drug-likeness (QED) is 0.160. The van der Waals surface area contributed by atoms with Gasteiger partial charge in [-0.3, -0.25) is 19.2 Å². The number of nitrogens with two attached hydrogens (primary N) is 2. The van der Waals surface area contributed by atoms with E-state index >= 15 is 0 Å². The second kappa shape index (κ2) is 14.0. The van der Waals surface area contributed by atoms with Crippen LogP contribution in [0.3, 0.4) is 0 Å². The molecule has 0 aliphatic heterocycles. The van der Waals surface area contributed by atoms with Gasteiger partial charge in [-0.2, -0.15) is 0 Å². The van der Waals surface area contributed by atoms with Crippen molar-refractivity contribution in [3.05, 3.63) is 35.9 Å². The van der Waals surface area contributed by atoms with Crippen LogP contribution < -0.4 is 27.4 Å². The number of benzene rings is 1. The first-order chi connectivity index (χ1) is 16.3. The number of carbonyl (C=O) groups is 5. The van der Waals surface area contributed by atoms with Crippen molar-refractivity contribution in [2.24, 2.45) is 17.4 Å². The molecule has 0 heterocycles. The Labute approximate surface area is 203 Å². The van der Waals surface area contributed by atoms with E-state index in [1.165, 1.54) is 6.92 Å². The first kappa shape index (κ1) is 29.5. The van der Waals surface area contributed by atoms with Gasteiger partial charge in [0.2, 0.25) is 23.6 Å². The molecule has 0 saturated carbocycles. The van der Waals surface area contributed by atoms with E-state index in [2.05, 4.69) is 16.0 Å². The minimum atomic E-state index is -1.48. The van der Waals surface area contributed by atoms with E-state index in [1.807, 2.05) is 0 Å². The molecule has 5 atom stereocenters. The number of amides is 4. The number of primary amides is 1. The van der Waals surface area contributed by atoms with Gasteiger partial charge in [0.05, 0.1) is 12.5 Å². The van der Waals surface area contributed by atoms with Crippen LogP contribution in [0.1, 0.15) is 39.2 Å². The van der Waals surface area contributed by atoms with Gasteiger partial charge in [0.25, 0.3) is 0 Å². The number of carboxylic acid groups (broad SMARTS) is 1. The van der Waals surface area contributed by atoms with Gasteiger partial charge in [0, 0.05) is 6.42 Å². The first-order valence-corrected chi connectivity index (χ1v) is 11.2. The fraction of sp³-hybridized carbons (Fsp3) is 0.522. The summed E-state index contributed by atoms with van der Waals surface area (Å²) in [7, 11) is 0. The molecule has 0 bridgehead atoms. The molecule has 12 nitrogen and oxygen atoms in total. The molecular formula is C23H35N5O7. The van der Waals surface area contributed by atoms with Crippen molar-refractivity contribution in [3.8, 4) is 0 Å². The van der Waals surface area contributed by atoms with Crippen molar-refractivity contribution in [2.75, 3.05) is 0 Å². The number of hydrogen-bond donors (Lipinski definition) is 7. The Kier molecular flexibility index (Phi) is 11.8. The highest BCUT2D eigenvalue weighted by molar-refractivity contribution is 5.96. The monoisotopic (exact) mass is 493 g/mol. The molecule has 1 aromatic carbocycles. The van der Waals surface area contributed by atoms with Gasteiger partial charge >= 0.3 is 5.97 Å². The first-order valence-electron chi connectivity index (χ1n) is 11.2. The Morgan fingerprint density at radius 1 is 0.857 bits per heavy atom. The van der Waals surface area contributed by atoms with E-state index in [9.17, 15) is 34.2 Å². The molecule has 1 rings (SSSR count). The van der Waals surface area contributed by atoms with Gasteiger partial charge in [-0.15, -0.1) is 0 Å². The Morgan fingerprint density at radius 2 is 1.37 bits per heavy atom. The average molecular weight is 494 g/mol. The summed E-state index contributed by atoms with van der Waals surface area (Å²) in [5.41, 5.74) is 11.5. The zero-order chi connectivity index (χ0) is 26.7. The summed E-state index contributed by atoms with van der Waals surface area (Å²) < 4.78 is 0. The summed E-state index contributed by atoms with van der Waals surface area (Å²) in [5.74, 6) is -4.74. The molecule has 0 fully saturated rings. The van der Waals surface area contributed by atoms with E-state index in [0.29, 0.717) is 5.56 Å². The molecule has 0 aliphatic carbocycles. The molecule has 1 aromatic rings. The van der Waals surface area contributed by atoms with Gasteiger partial charge < -0.3 is 37.6 Å². The van der Waals surface area contributed by atoms with Crippen molar-refractivity contribution in [3.63, 3.8) is 0 Å². The Morgan fingerprint density at radius 3 is 1.86 bits per heavy atom. The lowest BCUT2D eigenvalue weighted by molar-refractivity contribution is -0.142. The molecule has 0 radical (unpaired) electrons. The van der Waals surface area contributed by atoms with E-state index in [0.717, 1.165) is 0 Å². The Balaban J connectivity index is 3.02. The molecule has 0 aliphatic rings. The smallest absolute Gasteiger partial charge is 0.326 e. The molecule has 5 unspecified atom stereocenters. The summed E-state index contributed by atoms with van der Waals surface area (Å²) in [4.78, 5) is 61.3. The third-order valence-corrected chi connectivity index (χ3v) is 5.10. The molecule has 35 heavy (non-hydrogen) atoms. The van der Waals surface area contributed by atoms with Crippen LogP contribution in [0.15, 0.2) is 30.3 Å². The van der Waals surface area contributed by atoms with E-state index in [-0.39, 0.29) is 18.8 Å². The van der Waals surface area contributed by atoms with Crippen molar-refractivity contribution >= 4 is 29.6 Å². The highest BCUT2D eigenvalue weighted by atomic mass is 16.4. The SMILES string of the molecule is CC(C)CC(NC(=O)C(N)C(C)O)C(=O)NC(CC(N)=O)C(=O)NC(Cc1ccccc1)C(=O)O. The standard InChI is InChI=1S/C23H35N5O7/c1-12(2)9-15(27-22(33)19(25)13(3)29)20(31)26-16(11-18(24)30)21(32)28-17(23(34)35)10-14-7-5-4-6-8-14/h4-8,12-13,15-17,19,29H,9-11,25H2,1-3H3,(H2,24,30)(H,26,31)(H,27,33)(H,28,32)(H,34,35). The van der Waals surface area contributed by atoms with Crippen LogP contribution in [0.5, 0.6) is 0 Å². The lowest BCUT2D eigenvalue weighted by Crippen LogP contribution is -2.59. The summed E-state index contributed by atoms with van der Waals surface area (Å²) in [6.07, 6.45) is -1.61. The molecule has 9 N–H and O–H groups in total. The molecule has 0 aromatic heterocycles. The van der Waals surface area contributed by atoms with Crippen molar-refractivity contribution in [1.82, 2.24) is 16.0 Å². The number of nitrogens with one attached hydrogen (secondary N) is 3. The predicted octanol–water partition coefficient (Wildman–Crippen LogP) is -1.60. The maximum atomic E-state index is 12.9. The number of carboxylic acids is 1. The fourth-order valence-corrected chi connectivity index (χ4v) is 3.19. The Hall–Kier alpha value is -3.51. The van der Waals surface area contributed by atoms with Crippen molar-refractivity contribution < 1.29 is 34.2 Å². The molecule has 4 amide bonds. The normalized spacial score (nSPS) is 15.3. The van der Waals surface area contributed by atoms with Crippen LogP contribution in [0.25, 0.3) is 0 Å². The third-order valence-electron chi connectivity index (χ3n) is 5.10. The van der Waals surface area contributed by atoms with Gasteiger partial charge in [-0.25, -0.2) is 4.79 Å². The highest BCUT2D eigenvalue weighted by Gasteiger charge is 2.32. The highest BCUT2D eigenvalue weighted by Crippen LogP contribution is 2.08. The summed E-state index contributed by atoms with van der Waals surface area (Å²) in [6, 6.07) is 3.38. The maximum Gasteiger partial charge on any atom is 0.326 e. The van der Waals surface area contributed by atoms with Crippen LogP contribution in [-0.4, -0.2) is 70.1 Å². The van der Waals surface area contributed by atoms with E-state index in [1.54, 1.807) is 44.2 Å². The largest absolute Gasteiger partial charge is 0.480 e. The molecular weight excluding hydrogens is 458 g/mol. The average Bonchev–Trinajstić information content (AvgIpc) is 2.76. The lowest BCUT2D eigenvalue weighted by Gasteiger charge is -2.26.